The molecule has 2 amide bonds. The van der Waals surface area contributed by atoms with Gasteiger partial charge in [-0.05, 0) is 43.5 Å². The molecule has 1 aromatic carbocycles. The maximum Gasteiger partial charge on any atom is 0.321 e. The Morgan fingerprint density at radius 3 is 2.53 bits per heavy atom. The molecule has 1 heterocycles. The highest BCUT2D eigenvalue weighted by Gasteiger charge is 2.15. The Morgan fingerprint density at radius 1 is 1.21 bits per heavy atom. The molecule has 0 radical (unpaired) electrons. The average Bonchev–Trinajstić information content (AvgIpc) is 2.47. The molecule has 0 spiro atoms. The standard InChI is InChI=1S/C15H18N2O2/c18-12-4-5-13-6-8-14(9-7-13)16-15(19)17-10-2-1-3-11-17/h6-9,18H,1-3,10-12H2,(H,16,19). The van der Waals surface area contributed by atoms with Gasteiger partial charge in [0.25, 0.3) is 0 Å². The van der Waals surface area contributed by atoms with Crippen molar-refractivity contribution in [1.82, 2.24) is 4.90 Å². The summed E-state index contributed by atoms with van der Waals surface area (Å²) >= 11 is 0. The van der Waals surface area contributed by atoms with Crippen molar-refractivity contribution in [3.63, 3.8) is 0 Å². The van der Waals surface area contributed by atoms with E-state index < -0.39 is 0 Å². The molecule has 19 heavy (non-hydrogen) atoms. The van der Waals surface area contributed by atoms with E-state index in [9.17, 15) is 4.79 Å². The third-order valence-corrected chi connectivity index (χ3v) is 3.09. The van der Waals surface area contributed by atoms with Gasteiger partial charge in [-0.3, -0.25) is 0 Å². The molecule has 100 valence electrons. The normalized spacial score (nSPS) is 14.5. The second-order valence-electron chi connectivity index (χ2n) is 4.52. The predicted octanol–water partition coefficient (Wildman–Crippen LogP) is 2.05. The van der Waals surface area contributed by atoms with E-state index in [-0.39, 0.29) is 12.6 Å². The third-order valence-electron chi connectivity index (χ3n) is 3.09. The van der Waals surface area contributed by atoms with Crippen LogP contribution in [0.15, 0.2) is 24.3 Å². The Balaban J connectivity index is 1.93. The molecule has 4 nitrogen and oxygen atoms in total. The highest BCUT2D eigenvalue weighted by molar-refractivity contribution is 5.89. The van der Waals surface area contributed by atoms with Crippen molar-refractivity contribution in [1.29, 1.82) is 0 Å². The zero-order valence-electron chi connectivity index (χ0n) is 10.9. The highest BCUT2D eigenvalue weighted by atomic mass is 16.2. The quantitative estimate of drug-likeness (QED) is 0.757. The maximum atomic E-state index is 12.0. The summed E-state index contributed by atoms with van der Waals surface area (Å²) in [6, 6.07) is 7.27. The van der Waals surface area contributed by atoms with E-state index >= 15 is 0 Å². The lowest BCUT2D eigenvalue weighted by atomic mass is 10.1. The predicted molar refractivity (Wildman–Crippen MR) is 74.8 cm³/mol. The second-order valence-corrected chi connectivity index (χ2v) is 4.52. The van der Waals surface area contributed by atoms with Crippen molar-refractivity contribution in [2.45, 2.75) is 19.3 Å². The Bertz CT molecular complexity index is 479. The lowest BCUT2D eigenvalue weighted by Crippen LogP contribution is -2.38. The Labute approximate surface area is 113 Å². The molecule has 4 heteroatoms. The summed E-state index contributed by atoms with van der Waals surface area (Å²) in [6.07, 6.45) is 3.38. The fourth-order valence-electron chi connectivity index (χ4n) is 2.08. The molecule has 1 aliphatic rings. The Kier molecular flexibility index (Phi) is 4.82. The van der Waals surface area contributed by atoms with Crippen molar-refractivity contribution < 1.29 is 9.90 Å². The van der Waals surface area contributed by atoms with Gasteiger partial charge < -0.3 is 15.3 Å². The number of likely N-dealkylation sites (tertiary alicyclic amines) is 1. The number of carbonyl (C=O) groups is 1. The molecule has 1 fully saturated rings. The van der Waals surface area contributed by atoms with Gasteiger partial charge >= 0.3 is 6.03 Å². The summed E-state index contributed by atoms with van der Waals surface area (Å²) in [5, 5.41) is 11.5. The molecule has 0 atom stereocenters. The largest absolute Gasteiger partial charge is 0.384 e. The topological polar surface area (TPSA) is 52.6 Å². The summed E-state index contributed by atoms with van der Waals surface area (Å²) in [7, 11) is 0. The number of nitrogens with zero attached hydrogens (tertiary/aromatic N) is 1. The van der Waals surface area contributed by atoms with Gasteiger partial charge in [-0.1, -0.05) is 11.8 Å². The second kappa shape index (κ2) is 6.81. The van der Waals surface area contributed by atoms with Crippen LogP contribution >= 0.6 is 0 Å². The number of nitrogens with one attached hydrogen (secondary N) is 1. The molecule has 0 aromatic heterocycles. The Morgan fingerprint density at radius 2 is 1.89 bits per heavy atom. The van der Waals surface area contributed by atoms with Gasteiger partial charge in [0.15, 0.2) is 0 Å². The molecule has 0 aliphatic carbocycles. The molecular formula is C15H18N2O2. The smallest absolute Gasteiger partial charge is 0.321 e. The van der Waals surface area contributed by atoms with Crippen LogP contribution in [-0.4, -0.2) is 35.7 Å². The SMILES string of the molecule is O=C(Nc1ccc(C#CCO)cc1)N1CCCCC1. The van der Waals surface area contributed by atoms with Crippen LogP contribution in [-0.2, 0) is 0 Å². The van der Waals surface area contributed by atoms with Crippen molar-refractivity contribution in [3.05, 3.63) is 29.8 Å². The van der Waals surface area contributed by atoms with E-state index in [1.807, 2.05) is 29.2 Å². The van der Waals surface area contributed by atoms with Crippen LogP contribution in [0.25, 0.3) is 0 Å². The molecule has 1 saturated heterocycles. The number of carbonyl (C=O) groups excluding carboxylic acids is 1. The molecule has 2 N–H and O–H groups in total. The van der Waals surface area contributed by atoms with Crippen molar-refractivity contribution in [2.24, 2.45) is 0 Å². The zero-order valence-corrected chi connectivity index (χ0v) is 10.9. The summed E-state index contributed by atoms with van der Waals surface area (Å²) in [5.41, 5.74) is 1.59. The Hall–Kier alpha value is -1.99. The minimum absolute atomic E-state index is 0.0334. The van der Waals surface area contributed by atoms with Crippen LogP contribution in [0.3, 0.4) is 0 Å². The number of piperidine rings is 1. The van der Waals surface area contributed by atoms with Gasteiger partial charge in [-0.15, -0.1) is 0 Å². The van der Waals surface area contributed by atoms with E-state index in [1.165, 1.54) is 6.42 Å². The third kappa shape index (κ3) is 4.01. The molecule has 2 rings (SSSR count). The summed E-state index contributed by atoms with van der Waals surface area (Å²) in [4.78, 5) is 13.8. The van der Waals surface area contributed by atoms with Crippen molar-refractivity contribution in [3.8, 4) is 11.8 Å². The van der Waals surface area contributed by atoms with Gasteiger partial charge in [-0.25, -0.2) is 4.79 Å². The van der Waals surface area contributed by atoms with Crippen LogP contribution in [0.1, 0.15) is 24.8 Å². The first-order valence-corrected chi connectivity index (χ1v) is 6.55. The minimum Gasteiger partial charge on any atom is -0.384 e. The van der Waals surface area contributed by atoms with Crippen LogP contribution in [0.2, 0.25) is 0 Å². The fraction of sp³-hybridized carbons (Fsp3) is 0.400. The number of aliphatic hydroxyl groups excluding tert-OH is 1. The molecule has 1 aromatic rings. The van der Waals surface area contributed by atoms with Gasteiger partial charge in [0.2, 0.25) is 0 Å². The van der Waals surface area contributed by atoms with E-state index in [2.05, 4.69) is 17.2 Å². The number of urea groups is 1. The first-order chi connectivity index (χ1) is 9.29. The van der Waals surface area contributed by atoms with E-state index in [0.717, 1.165) is 37.2 Å². The first-order valence-electron chi connectivity index (χ1n) is 6.55. The van der Waals surface area contributed by atoms with E-state index in [1.54, 1.807) is 0 Å². The number of hydrogen-bond acceptors (Lipinski definition) is 2. The number of amides is 2. The van der Waals surface area contributed by atoms with Gasteiger partial charge in [-0.2, -0.15) is 0 Å². The number of rotatable bonds is 1. The number of hydrogen-bond donors (Lipinski definition) is 2. The molecule has 0 bridgehead atoms. The van der Waals surface area contributed by atoms with Crippen LogP contribution in [0.5, 0.6) is 0 Å². The van der Waals surface area contributed by atoms with Gasteiger partial charge in [0.1, 0.15) is 6.61 Å². The van der Waals surface area contributed by atoms with E-state index in [4.69, 9.17) is 5.11 Å². The van der Waals surface area contributed by atoms with Crippen LogP contribution in [0, 0.1) is 11.8 Å². The number of aliphatic hydroxyl groups is 1. The maximum absolute atomic E-state index is 12.0. The van der Waals surface area contributed by atoms with Crippen LogP contribution in [0.4, 0.5) is 10.5 Å². The summed E-state index contributed by atoms with van der Waals surface area (Å²) in [6.45, 7) is 1.53. The molecule has 0 unspecified atom stereocenters. The molecular weight excluding hydrogens is 240 g/mol. The fourth-order valence-corrected chi connectivity index (χ4v) is 2.08. The summed E-state index contributed by atoms with van der Waals surface area (Å²) in [5.74, 6) is 5.40. The first kappa shape index (κ1) is 13.4. The highest BCUT2D eigenvalue weighted by Crippen LogP contribution is 2.13. The van der Waals surface area contributed by atoms with Crippen molar-refractivity contribution >= 4 is 11.7 Å². The average molecular weight is 258 g/mol. The minimum atomic E-state index is -0.145. The van der Waals surface area contributed by atoms with Crippen molar-refractivity contribution in [2.75, 3.05) is 25.0 Å². The number of benzene rings is 1. The van der Waals surface area contributed by atoms with E-state index in [0.29, 0.717) is 0 Å². The summed E-state index contributed by atoms with van der Waals surface area (Å²) < 4.78 is 0. The monoisotopic (exact) mass is 258 g/mol. The van der Waals surface area contributed by atoms with Gasteiger partial charge in [0, 0.05) is 24.3 Å². The lowest BCUT2D eigenvalue weighted by molar-refractivity contribution is 0.200. The molecule has 1 aliphatic heterocycles. The van der Waals surface area contributed by atoms with Gasteiger partial charge in [0.05, 0.1) is 0 Å². The molecule has 0 saturated carbocycles. The number of anilines is 1. The lowest BCUT2D eigenvalue weighted by Gasteiger charge is -2.26. The zero-order chi connectivity index (χ0) is 13.5. The van der Waals surface area contributed by atoms with Crippen LogP contribution < -0.4 is 5.32 Å².